The van der Waals surface area contributed by atoms with Crippen LogP contribution in [0.3, 0.4) is 0 Å². The smallest absolute Gasteiger partial charge is 0.481 e. The van der Waals surface area contributed by atoms with Crippen molar-refractivity contribution in [2.75, 3.05) is 19.6 Å². The number of sulfonamides is 1. The van der Waals surface area contributed by atoms with Crippen molar-refractivity contribution in [1.82, 2.24) is 14.5 Å². The maximum absolute atomic E-state index is 13.9. The summed E-state index contributed by atoms with van der Waals surface area (Å²) in [6.07, 6.45) is -6.31. The van der Waals surface area contributed by atoms with Crippen molar-refractivity contribution in [2.45, 2.75) is 49.5 Å². The summed E-state index contributed by atoms with van der Waals surface area (Å²) in [5.74, 6) is -6.86. The van der Waals surface area contributed by atoms with Crippen LogP contribution >= 0.6 is 0 Å². The summed E-state index contributed by atoms with van der Waals surface area (Å²) in [6.45, 7) is -0.0417. The monoisotopic (exact) mass is 607 g/mol. The number of benzene rings is 2. The zero-order valence-corrected chi connectivity index (χ0v) is 22.3. The normalized spacial score (nSPS) is 16.7. The lowest BCUT2D eigenvalue weighted by atomic mass is 10.0. The molecule has 224 valence electrons. The number of rotatable bonds is 10. The molecule has 2 aromatic rings. The first-order chi connectivity index (χ1) is 19.0. The molecule has 1 aliphatic heterocycles. The van der Waals surface area contributed by atoms with Gasteiger partial charge in [-0.1, -0.05) is 31.2 Å². The van der Waals surface area contributed by atoms with Gasteiger partial charge < -0.3 is 20.1 Å². The highest BCUT2D eigenvalue weighted by atomic mass is 32.2. The number of nitrogens with one attached hydrogen (secondary N) is 1. The number of carboxylic acid groups (broad SMARTS) is 1. The molecule has 16 heteroatoms. The fourth-order valence-corrected chi connectivity index (χ4v) is 5.63. The molecule has 2 aromatic carbocycles. The Morgan fingerprint density at radius 1 is 1.00 bits per heavy atom. The van der Waals surface area contributed by atoms with Crippen LogP contribution in [0.25, 0.3) is 0 Å². The van der Waals surface area contributed by atoms with Crippen LogP contribution in [-0.2, 0) is 36.9 Å². The molecule has 1 aliphatic rings. The van der Waals surface area contributed by atoms with E-state index >= 15 is 0 Å². The minimum Gasteiger partial charge on any atom is -0.481 e. The van der Waals surface area contributed by atoms with E-state index in [1.807, 2.05) is 0 Å². The van der Waals surface area contributed by atoms with E-state index in [4.69, 9.17) is 5.11 Å². The lowest BCUT2D eigenvalue weighted by Crippen LogP contribution is -2.61. The van der Waals surface area contributed by atoms with E-state index < -0.39 is 82.7 Å². The standard InChI is InChI=1S/C25H26F5N3O7S/c1-2-24(26,27)17-5-3-16(4-6-17)14-31-23(37)20-15-32(21(34)13-22(35)36)11-12-33(20)41(38,39)19-9-7-18(8-10-19)40-25(28,29)30/h3-10,20H,2,11-15H2,1H3,(H,31,37)(H,35,36). The first kappa shape index (κ1) is 31.7. The second kappa shape index (κ2) is 12.4. The van der Waals surface area contributed by atoms with Gasteiger partial charge in [-0.25, -0.2) is 17.2 Å². The predicted octanol–water partition coefficient (Wildman–Crippen LogP) is 3.08. The molecule has 0 saturated carbocycles. The number of halogens is 5. The Morgan fingerprint density at radius 3 is 2.15 bits per heavy atom. The van der Waals surface area contributed by atoms with Crippen molar-refractivity contribution in [2.24, 2.45) is 0 Å². The topological polar surface area (TPSA) is 133 Å². The lowest BCUT2D eigenvalue weighted by molar-refractivity contribution is -0.274. The minimum atomic E-state index is -5.00. The summed E-state index contributed by atoms with van der Waals surface area (Å²) in [5, 5.41) is 11.4. The Kier molecular flexibility index (Phi) is 9.58. The molecule has 0 bridgehead atoms. The van der Waals surface area contributed by atoms with Gasteiger partial charge in [-0.3, -0.25) is 14.4 Å². The number of carboxylic acids is 1. The summed E-state index contributed by atoms with van der Waals surface area (Å²) < 4.78 is 96.5. The van der Waals surface area contributed by atoms with Gasteiger partial charge in [-0.05, 0) is 29.8 Å². The number of ether oxygens (including phenoxy) is 1. The number of carbonyl (C=O) groups excluding carboxylic acids is 2. The van der Waals surface area contributed by atoms with Crippen LogP contribution in [0, 0.1) is 0 Å². The van der Waals surface area contributed by atoms with E-state index in [0.29, 0.717) is 5.56 Å². The van der Waals surface area contributed by atoms with E-state index in [1.165, 1.54) is 31.2 Å². The molecule has 1 fully saturated rings. The van der Waals surface area contributed by atoms with E-state index in [1.54, 1.807) is 0 Å². The second-order valence-electron chi connectivity index (χ2n) is 9.03. The van der Waals surface area contributed by atoms with Gasteiger partial charge in [-0.15, -0.1) is 13.2 Å². The average molecular weight is 608 g/mol. The maximum atomic E-state index is 13.9. The Balaban J connectivity index is 1.83. The molecular weight excluding hydrogens is 581 g/mol. The highest BCUT2D eigenvalue weighted by Gasteiger charge is 2.41. The molecular formula is C25H26F5N3O7S. The molecule has 3 rings (SSSR count). The number of hydrogen-bond acceptors (Lipinski definition) is 6. The van der Waals surface area contributed by atoms with Crippen molar-refractivity contribution >= 4 is 27.8 Å². The molecule has 0 aliphatic carbocycles. The fourth-order valence-electron chi connectivity index (χ4n) is 4.06. The molecule has 0 radical (unpaired) electrons. The molecule has 1 saturated heterocycles. The Bertz CT molecular complexity index is 1370. The number of nitrogens with zero attached hydrogens (tertiary/aromatic N) is 2. The summed E-state index contributed by atoms with van der Waals surface area (Å²) >= 11 is 0. The van der Waals surface area contributed by atoms with Crippen molar-refractivity contribution in [3.8, 4) is 5.75 Å². The third-order valence-corrected chi connectivity index (χ3v) is 8.16. The van der Waals surface area contributed by atoms with Crippen molar-refractivity contribution in [3.05, 3.63) is 59.7 Å². The van der Waals surface area contributed by atoms with Gasteiger partial charge in [0.1, 0.15) is 18.2 Å². The molecule has 41 heavy (non-hydrogen) atoms. The average Bonchev–Trinajstić information content (AvgIpc) is 2.90. The SMILES string of the molecule is CCC(F)(F)c1ccc(CNC(=O)C2CN(C(=O)CC(=O)O)CCN2S(=O)(=O)c2ccc(OC(F)(F)F)cc2)cc1. The van der Waals surface area contributed by atoms with Crippen LogP contribution in [0.5, 0.6) is 5.75 Å². The Labute approximate surface area is 231 Å². The Hall–Kier alpha value is -3.79. The molecule has 0 aromatic heterocycles. The van der Waals surface area contributed by atoms with Crippen LogP contribution in [-0.4, -0.2) is 72.6 Å². The third-order valence-electron chi connectivity index (χ3n) is 6.24. The first-order valence-electron chi connectivity index (χ1n) is 12.2. The van der Waals surface area contributed by atoms with Crippen LogP contribution < -0.4 is 10.1 Å². The zero-order chi connectivity index (χ0) is 30.6. The number of amides is 2. The van der Waals surface area contributed by atoms with Gasteiger partial charge >= 0.3 is 12.3 Å². The minimum absolute atomic E-state index is 0.187. The van der Waals surface area contributed by atoms with Crippen LogP contribution in [0.1, 0.15) is 30.9 Å². The van der Waals surface area contributed by atoms with Gasteiger partial charge in [0.25, 0.3) is 5.92 Å². The number of hydrogen-bond donors (Lipinski definition) is 2. The highest BCUT2D eigenvalue weighted by Crippen LogP contribution is 2.31. The molecule has 1 unspecified atom stereocenters. The van der Waals surface area contributed by atoms with E-state index in [0.717, 1.165) is 33.5 Å². The predicted molar refractivity (Wildman–Crippen MR) is 132 cm³/mol. The molecule has 0 spiro atoms. The maximum Gasteiger partial charge on any atom is 0.573 e. The van der Waals surface area contributed by atoms with Crippen LogP contribution in [0.2, 0.25) is 0 Å². The molecule has 1 atom stereocenters. The number of aliphatic carboxylic acids is 1. The Morgan fingerprint density at radius 2 is 1.61 bits per heavy atom. The van der Waals surface area contributed by atoms with Crippen molar-refractivity contribution < 1.29 is 54.6 Å². The van der Waals surface area contributed by atoms with Gasteiger partial charge in [-0.2, -0.15) is 4.31 Å². The van der Waals surface area contributed by atoms with E-state index in [9.17, 15) is 44.8 Å². The molecule has 2 N–H and O–H groups in total. The summed E-state index contributed by atoms with van der Waals surface area (Å²) in [7, 11) is -4.50. The van der Waals surface area contributed by atoms with E-state index in [2.05, 4.69) is 10.1 Å². The van der Waals surface area contributed by atoms with Crippen LogP contribution in [0.4, 0.5) is 22.0 Å². The second-order valence-corrected chi connectivity index (χ2v) is 10.9. The summed E-state index contributed by atoms with van der Waals surface area (Å²) in [5.41, 5.74) is 0.192. The number of alkyl halides is 5. The van der Waals surface area contributed by atoms with Gasteiger partial charge in [0.15, 0.2) is 0 Å². The molecule has 2 amide bonds. The quantitative estimate of drug-likeness (QED) is 0.313. The van der Waals surface area contributed by atoms with Gasteiger partial charge in [0, 0.05) is 38.2 Å². The first-order valence-corrected chi connectivity index (χ1v) is 13.6. The third kappa shape index (κ3) is 8.13. The summed E-state index contributed by atoms with van der Waals surface area (Å²) in [6, 6.07) is 6.87. The number of piperazine rings is 1. The number of carbonyl (C=O) groups is 3. The van der Waals surface area contributed by atoms with Crippen molar-refractivity contribution in [1.29, 1.82) is 0 Å². The van der Waals surface area contributed by atoms with Gasteiger partial charge in [0.2, 0.25) is 21.8 Å². The summed E-state index contributed by atoms with van der Waals surface area (Å²) in [4.78, 5) is 37.1. The zero-order valence-electron chi connectivity index (χ0n) is 21.5. The van der Waals surface area contributed by atoms with E-state index in [-0.39, 0.29) is 18.7 Å². The molecule has 10 nitrogen and oxygen atoms in total. The lowest BCUT2D eigenvalue weighted by Gasteiger charge is -2.39. The van der Waals surface area contributed by atoms with Crippen molar-refractivity contribution in [3.63, 3.8) is 0 Å². The highest BCUT2D eigenvalue weighted by molar-refractivity contribution is 7.89. The largest absolute Gasteiger partial charge is 0.573 e. The van der Waals surface area contributed by atoms with Gasteiger partial charge in [0.05, 0.1) is 4.90 Å². The molecule has 1 heterocycles. The van der Waals surface area contributed by atoms with Crippen LogP contribution in [0.15, 0.2) is 53.4 Å². The fraction of sp³-hybridized carbons (Fsp3) is 0.400.